The third-order valence-electron chi connectivity index (χ3n) is 6.47. The van der Waals surface area contributed by atoms with Gasteiger partial charge in [-0.15, -0.1) is 5.10 Å². The zero-order valence-corrected chi connectivity index (χ0v) is 18.2. The molecule has 10 heteroatoms. The minimum atomic E-state index is -0.454. The summed E-state index contributed by atoms with van der Waals surface area (Å²) in [6, 6.07) is 1.89. The van der Waals surface area contributed by atoms with E-state index >= 15 is 4.39 Å². The molecule has 1 saturated heterocycles. The molecule has 3 aliphatic heterocycles. The first kappa shape index (κ1) is 19.0. The van der Waals surface area contributed by atoms with E-state index in [1.807, 2.05) is 39.3 Å². The Morgan fingerprint density at radius 3 is 2.81 bits per heavy atom. The van der Waals surface area contributed by atoms with Crippen molar-refractivity contribution >= 4 is 40.6 Å². The Balaban J connectivity index is 1.60. The van der Waals surface area contributed by atoms with Gasteiger partial charge in [0.15, 0.2) is 5.82 Å². The summed E-state index contributed by atoms with van der Waals surface area (Å²) in [6.45, 7) is 6.91. The lowest BCUT2D eigenvalue weighted by atomic mass is 9.69. The molecule has 2 aromatic heterocycles. The Morgan fingerprint density at radius 2 is 2.06 bits per heavy atom. The van der Waals surface area contributed by atoms with Crippen molar-refractivity contribution in [2.24, 2.45) is 15.4 Å². The van der Waals surface area contributed by atoms with E-state index in [0.717, 1.165) is 16.1 Å². The summed E-state index contributed by atoms with van der Waals surface area (Å²) in [5.74, 6) is -0.382. The van der Waals surface area contributed by atoms with Crippen LogP contribution in [-0.2, 0) is 11.2 Å². The minimum Gasteiger partial charge on any atom is -0.372 e. The molecule has 0 saturated carbocycles. The summed E-state index contributed by atoms with van der Waals surface area (Å²) in [7, 11) is 0. The maximum Gasteiger partial charge on any atom is 0.205 e. The molecule has 0 unspecified atom stereocenters. The fraction of sp³-hybridized carbons (Fsp3) is 0.476. The Hall–Kier alpha value is -2.72. The van der Waals surface area contributed by atoms with E-state index in [4.69, 9.17) is 9.26 Å². The number of fused-ring (bicyclic) bond motifs is 5. The number of anilines is 1. The van der Waals surface area contributed by atoms with Crippen LogP contribution in [0.15, 0.2) is 20.6 Å². The van der Waals surface area contributed by atoms with E-state index < -0.39 is 5.41 Å². The highest BCUT2D eigenvalue weighted by Gasteiger charge is 2.52. The lowest BCUT2D eigenvalue weighted by Crippen LogP contribution is -2.65. The number of ether oxygens (including phenoxy) is 1. The fourth-order valence-corrected chi connectivity index (χ4v) is 6.06. The smallest absolute Gasteiger partial charge is 0.205 e. The number of hydrogen-bond acceptors (Lipinski definition) is 9. The zero-order valence-electron chi connectivity index (χ0n) is 17.4. The average Bonchev–Trinajstić information content (AvgIpc) is 3.33. The highest BCUT2D eigenvalue weighted by molar-refractivity contribution is 7.09. The van der Waals surface area contributed by atoms with Crippen LogP contribution in [0.2, 0.25) is 0 Å². The molecular weight excluding hydrogens is 419 g/mol. The van der Waals surface area contributed by atoms with Gasteiger partial charge in [0, 0.05) is 19.0 Å². The molecular formula is C21H21FN6O2S. The van der Waals surface area contributed by atoms with Gasteiger partial charge in [-0.2, -0.15) is 0 Å². The first-order chi connectivity index (χ1) is 15.0. The molecule has 0 aliphatic carbocycles. The molecule has 0 N–H and O–H groups in total. The van der Waals surface area contributed by atoms with E-state index in [1.54, 1.807) is 0 Å². The van der Waals surface area contributed by atoms with Crippen molar-refractivity contribution in [3.8, 4) is 10.6 Å². The molecule has 0 bridgehead atoms. The number of rotatable bonds is 1. The van der Waals surface area contributed by atoms with Gasteiger partial charge in [-0.3, -0.25) is 9.98 Å². The average molecular weight is 441 g/mol. The highest BCUT2D eigenvalue weighted by Crippen LogP contribution is 2.48. The zero-order chi connectivity index (χ0) is 21.3. The summed E-state index contributed by atoms with van der Waals surface area (Å²) in [5, 5.41) is 8.89. The van der Waals surface area contributed by atoms with Crippen LogP contribution >= 0.6 is 11.5 Å². The number of halogens is 1. The SMILES string of the molecule is Cc1nnsc1-c1noc2c(F)c3c(cc12)CC1(C=NCN=C1)[C@H]1[C@H](C)O[C@H](C)CN31. The number of nitrogens with zero attached hydrogens (tertiary/aromatic N) is 6. The molecule has 1 aromatic carbocycles. The minimum absolute atomic E-state index is 0.0296. The van der Waals surface area contributed by atoms with Gasteiger partial charge >= 0.3 is 0 Å². The van der Waals surface area contributed by atoms with Gasteiger partial charge < -0.3 is 14.2 Å². The van der Waals surface area contributed by atoms with Gasteiger partial charge in [0.05, 0.1) is 40.4 Å². The standard InChI is InChI=1S/C21H21FN6O2S/c1-10-6-28-17-13(5-21(7-23-9-24-8-21)20(28)12(3)29-10)4-14-16(19-11(2)25-27-31-19)26-30-18(14)15(17)22/h4,7-8,10,12,20H,5-6,9H2,1-3H3/t10-,12+,20-/m1/s1. The summed E-state index contributed by atoms with van der Waals surface area (Å²) in [4.78, 5) is 11.9. The molecule has 1 spiro atoms. The van der Waals surface area contributed by atoms with Crippen molar-refractivity contribution in [3.05, 3.63) is 23.1 Å². The first-order valence-corrected chi connectivity index (χ1v) is 11.1. The van der Waals surface area contributed by atoms with Gasteiger partial charge in [0.25, 0.3) is 0 Å². The third kappa shape index (κ3) is 2.64. The van der Waals surface area contributed by atoms with Crippen LogP contribution in [0.25, 0.3) is 21.5 Å². The second kappa shape index (κ2) is 6.64. The summed E-state index contributed by atoms with van der Waals surface area (Å²) < 4.78 is 31.6. The predicted molar refractivity (Wildman–Crippen MR) is 117 cm³/mol. The number of aliphatic imine (C=N–C) groups is 2. The van der Waals surface area contributed by atoms with Crippen molar-refractivity contribution in [3.63, 3.8) is 0 Å². The van der Waals surface area contributed by atoms with Crippen LogP contribution < -0.4 is 4.90 Å². The third-order valence-corrected chi connectivity index (χ3v) is 7.30. The molecule has 6 rings (SSSR count). The van der Waals surface area contributed by atoms with Crippen molar-refractivity contribution < 1.29 is 13.7 Å². The van der Waals surface area contributed by atoms with E-state index in [0.29, 0.717) is 36.4 Å². The highest BCUT2D eigenvalue weighted by atomic mass is 32.1. The Labute approximate surface area is 182 Å². The topological polar surface area (TPSA) is 89.0 Å². The number of benzene rings is 1. The number of aromatic nitrogens is 3. The monoisotopic (exact) mass is 440 g/mol. The Bertz CT molecular complexity index is 1240. The summed E-state index contributed by atoms with van der Waals surface area (Å²) in [6.07, 6.45) is 4.39. The molecule has 8 nitrogen and oxygen atoms in total. The Morgan fingerprint density at radius 1 is 1.26 bits per heavy atom. The van der Waals surface area contributed by atoms with E-state index in [9.17, 15) is 0 Å². The Kier molecular flexibility index (Phi) is 4.07. The lowest BCUT2D eigenvalue weighted by molar-refractivity contribution is -0.0432. The molecule has 160 valence electrons. The molecule has 5 heterocycles. The van der Waals surface area contributed by atoms with Gasteiger partial charge in [-0.05, 0) is 50.4 Å². The molecule has 3 aliphatic rings. The van der Waals surface area contributed by atoms with Crippen LogP contribution in [-0.4, -0.2) is 58.6 Å². The number of aryl methyl sites for hydroxylation is 1. The van der Waals surface area contributed by atoms with Crippen LogP contribution in [0.3, 0.4) is 0 Å². The van der Waals surface area contributed by atoms with E-state index in [1.165, 1.54) is 11.5 Å². The van der Waals surface area contributed by atoms with Crippen molar-refractivity contribution in [1.29, 1.82) is 0 Å². The maximum atomic E-state index is 16.0. The van der Waals surface area contributed by atoms with Crippen molar-refractivity contribution in [2.75, 3.05) is 18.1 Å². The molecule has 31 heavy (non-hydrogen) atoms. The second-order valence-corrected chi connectivity index (χ2v) is 9.35. The van der Waals surface area contributed by atoms with Gasteiger partial charge in [-0.1, -0.05) is 9.64 Å². The quantitative estimate of drug-likeness (QED) is 0.576. The first-order valence-electron chi connectivity index (χ1n) is 10.3. The largest absolute Gasteiger partial charge is 0.372 e. The molecule has 1 fully saturated rings. The molecule has 0 radical (unpaired) electrons. The molecule has 3 aromatic rings. The molecule has 0 amide bonds. The van der Waals surface area contributed by atoms with Crippen molar-refractivity contribution in [1.82, 2.24) is 14.7 Å². The summed E-state index contributed by atoms with van der Waals surface area (Å²) in [5.41, 5.74) is 2.49. The normalized spacial score (nSPS) is 26.5. The van der Waals surface area contributed by atoms with Gasteiger partial charge in [-0.25, -0.2) is 4.39 Å². The number of hydrogen-bond donors (Lipinski definition) is 0. The van der Waals surface area contributed by atoms with Crippen LogP contribution in [0, 0.1) is 18.2 Å². The maximum absolute atomic E-state index is 16.0. The van der Waals surface area contributed by atoms with E-state index in [-0.39, 0.29) is 29.7 Å². The summed E-state index contributed by atoms with van der Waals surface area (Å²) >= 11 is 1.23. The van der Waals surface area contributed by atoms with Gasteiger partial charge in [0.1, 0.15) is 17.2 Å². The number of morpholine rings is 1. The predicted octanol–water partition coefficient (Wildman–Crippen LogP) is 3.43. The van der Waals surface area contributed by atoms with Crippen LogP contribution in [0.1, 0.15) is 25.1 Å². The fourth-order valence-electron chi connectivity index (χ4n) is 5.40. The van der Waals surface area contributed by atoms with Gasteiger partial charge in [0.2, 0.25) is 5.58 Å². The van der Waals surface area contributed by atoms with E-state index in [2.05, 4.69) is 29.6 Å². The second-order valence-electron chi connectivity index (χ2n) is 8.60. The van der Waals surface area contributed by atoms with Crippen molar-refractivity contribution in [2.45, 2.75) is 45.4 Å². The molecule has 3 atom stereocenters. The lowest BCUT2D eigenvalue weighted by Gasteiger charge is -2.54. The van der Waals surface area contributed by atoms with Crippen LogP contribution in [0.4, 0.5) is 10.1 Å². The van der Waals surface area contributed by atoms with Crippen LogP contribution in [0.5, 0.6) is 0 Å².